The quantitative estimate of drug-likeness (QED) is 0.589. The van der Waals surface area contributed by atoms with E-state index in [9.17, 15) is 0 Å². The van der Waals surface area contributed by atoms with Gasteiger partial charge in [0.2, 0.25) is 5.16 Å². The molecule has 0 unspecified atom stereocenters. The number of aromatic nitrogens is 4. The van der Waals surface area contributed by atoms with Gasteiger partial charge in [0, 0.05) is 12.4 Å². The van der Waals surface area contributed by atoms with E-state index in [1.165, 1.54) is 11.8 Å². The van der Waals surface area contributed by atoms with E-state index >= 15 is 0 Å². The van der Waals surface area contributed by atoms with Crippen molar-refractivity contribution in [3.05, 3.63) is 18.6 Å². The van der Waals surface area contributed by atoms with E-state index in [2.05, 4.69) is 15.1 Å². The summed E-state index contributed by atoms with van der Waals surface area (Å²) in [7, 11) is 0. The molecule has 0 amide bonds. The molecule has 2 heterocycles. The highest BCUT2D eigenvalue weighted by molar-refractivity contribution is 7.98. The Morgan fingerprint density at radius 3 is 3.18 bits per heavy atom. The molecule has 0 atom stereocenters. The zero-order valence-electron chi connectivity index (χ0n) is 5.93. The molecule has 0 aliphatic rings. The lowest BCUT2D eigenvalue weighted by atomic mass is 10.8. The van der Waals surface area contributed by atoms with E-state index in [0.29, 0.717) is 0 Å². The van der Waals surface area contributed by atoms with Crippen molar-refractivity contribution in [2.45, 2.75) is 5.16 Å². The highest BCUT2D eigenvalue weighted by Crippen LogP contribution is 2.06. The molecular weight excluding hydrogens is 160 g/mol. The molecule has 4 nitrogen and oxygen atoms in total. The van der Waals surface area contributed by atoms with Gasteiger partial charge in [0.05, 0.1) is 6.20 Å². The van der Waals surface area contributed by atoms with Gasteiger partial charge in [-0.15, -0.1) is 5.10 Å². The molecule has 5 heteroatoms. The second-order valence-electron chi connectivity index (χ2n) is 1.97. The normalized spacial score (nSPS) is 10.6. The third-order valence-corrected chi connectivity index (χ3v) is 1.87. The largest absolute Gasteiger partial charge is 0.234 e. The minimum Gasteiger partial charge on any atom is -0.234 e. The molecule has 0 fully saturated rings. The van der Waals surface area contributed by atoms with Gasteiger partial charge in [0.1, 0.15) is 0 Å². The van der Waals surface area contributed by atoms with Crippen LogP contribution in [0.15, 0.2) is 23.7 Å². The van der Waals surface area contributed by atoms with Crippen LogP contribution in [-0.2, 0) is 0 Å². The molecule has 0 radical (unpaired) electrons. The minimum absolute atomic E-state index is 0.760. The highest BCUT2D eigenvalue weighted by Gasteiger charge is 1.96. The summed E-state index contributed by atoms with van der Waals surface area (Å²) in [5.41, 5.74) is 0.780. The predicted octanol–water partition coefficient (Wildman–Crippen LogP) is 0.846. The maximum atomic E-state index is 4.16. The molecule has 0 spiro atoms. The Morgan fingerprint density at radius 2 is 2.36 bits per heavy atom. The van der Waals surface area contributed by atoms with Crippen molar-refractivity contribution >= 4 is 17.4 Å². The molecule has 56 valence electrons. The third-order valence-electron chi connectivity index (χ3n) is 1.32. The zero-order valence-corrected chi connectivity index (χ0v) is 6.75. The average Bonchev–Trinajstić information content (AvgIpc) is 2.50. The summed E-state index contributed by atoms with van der Waals surface area (Å²) in [5, 5.41) is 4.92. The van der Waals surface area contributed by atoms with E-state index in [4.69, 9.17) is 0 Å². The number of hydrogen-bond acceptors (Lipinski definition) is 4. The lowest BCUT2D eigenvalue weighted by molar-refractivity contribution is 0.795. The number of imidazole rings is 1. The number of hydrogen-bond donors (Lipinski definition) is 0. The van der Waals surface area contributed by atoms with Gasteiger partial charge in [-0.1, -0.05) is 11.8 Å². The smallest absolute Gasteiger partial charge is 0.207 e. The van der Waals surface area contributed by atoms with Crippen LogP contribution in [0.3, 0.4) is 0 Å². The second-order valence-corrected chi connectivity index (χ2v) is 2.75. The first-order valence-corrected chi connectivity index (χ1v) is 4.33. The van der Waals surface area contributed by atoms with Gasteiger partial charge in [0.25, 0.3) is 0 Å². The van der Waals surface area contributed by atoms with E-state index in [-0.39, 0.29) is 0 Å². The van der Waals surface area contributed by atoms with Gasteiger partial charge in [-0.3, -0.25) is 0 Å². The molecule has 2 aromatic rings. The SMILES string of the molecule is CSc1ncc2nccn2n1. The Labute approximate surface area is 67.7 Å². The Kier molecular flexibility index (Phi) is 1.50. The highest BCUT2D eigenvalue weighted by atomic mass is 32.2. The van der Waals surface area contributed by atoms with Crippen LogP contribution in [0.5, 0.6) is 0 Å². The maximum absolute atomic E-state index is 4.16. The van der Waals surface area contributed by atoms with Crippen LogP contribution in [0.1, 0.15) is 0 Å². The van der Waals surface area contributed by atoms with Crippen molar-refractivity contribution in [3.63, 3.8) is 0 Å². The fourth-order valence-electron chi connectivity index (χ4n) is 0.810. The van der Waals surface area contributed by atoms with Crippen LogP contribution in [0.2, 0.25) is 0 Å². The van der Waals surface area contributed by atoms with E-state index < -0.39 is 0 Å². The number of fused-ring (bicyclic) bond motifs is 1. The zero-order chi connectivity index (χ0) is 7.68. The summed E-state index contributed by atoms with van der Waals surface area (Å²) in [4.78, 5) is 8.09. The third kappa shape index (κ3) is 1.07. The van der Waals surface area contributed by atoms with Crippen molar-refractivity contribution in [2.75, 3.05) is 6.26 Å². The van der Waals surface area contributed by atoms with Crippen LogP contribution >= 0.6 is 11.8 Å². The molecule has 0 N–H and O–H groups in total. The van der Waals surface area contributed by atoms with Crippen LogP contribution in [0, 0.1) is 0 Å². The monoisotopic (exact) mass is 166 g/mol. The van der Waals surface area contributed by atoms with E-state index in [0.717, 1.165) is 10.8 Å². The first-order valence-electron chi connectivity index (χ1n) is 3.10. The van der Waals surface area contributed by atoms with E-state index in [1.54, 1.807) is 23.1 Å². The Balaban J connectivity index is 2.67. The number of nitrogens with zero attached hydrogens (tertiary/aromatic N) is 4. The summed E-state index contributed by atoms with van der Waals surface area (Å²) in [6, 6.07) is 0. The fourth-order valence-corrected chi connectivity index (χ4v) is 1.14. The van der Waals surface area contributed by atoms with E-state index in [1.807, 2.05) is 6.26 Å². The molecule has 0 saturated carbocycles. The summed E-state index contributed by atoms with van der Waals surface area (Å²) in [6.07, 6.45) is 7.15. The van der Waals surface area contributed by atoms with Crippen molar-refractivity contribution in [3.8, 4) is 0 Å². The molecule has 0 bridgehead atoms. The summed E-state index contributed by atoms with van der Waals surface area (Å²) < 4.78 is 1.71. The molecule has 2 rings (SSSR count). The minimum atomic E-state index is 0.760. The summed E-state index contributed by atoms with van der Waals surface area (Å²) in [5.74, 6) is 0. The van der Waals surface area contributed by atoms with Gasteiger partial charge in [-0.05, 0) is 6.26 Å². The van der Waals surface area contributed by atoms with Crippen LogP contribution in [-0.4, -0.2) is 25.8 Å². The van der Waals surface area contributed by atoms with Crippen molar-refractivity contribution in [1.29, 1.82) is 0 Å². The average molecular weight is 166 g/mol. The summed E-state index contributed by atoms with van der Waals surface area (Å²) >= 11 is 1.52. The summed E-state index contributed by atoms with van der Waals surface area (Å²) in [6.45, 7) is 0. The standard InChI is InChI=1S/C6H6N4S/c1-11-6-8-4-5-7-2-3-10(5)9-6/h2-4H,1H3. The molecule has 11 heavy (non-hydrogen) atoms. The second kappa shape index (κ2) is 2.50. The van der Waals surface area contributed by atoms with Crippen LogP contribution < -0.4 is 0 Å². The van der Waals surface area contributed by atoms with Crippen LogP contribution in [0.25, 0.3) is 5.65 Å². The number of rotatable bonds is 1. The van der Waals surface area contributed by atoms with Gasteiger partial charge in [0.15, 0.2) is 5.65 Å². The fraction of sp³-hybridized carbons (Fsp3) is 0.167. The van der Waals surface area contributed by atoms with Gasteiger partial charge < -0.3 is 0 Å². The van der Waals surface area contributed by atoms with Crippen molar-refractivity contribution < 1.29 is 0 Å². The van der Waals surface area contributed by atoms with Gasteiger partial charge in [-0.2, -0.15) is 0 Å². The number of thioether (sulfide) groups is 1. The van der Waals surface area contributed by atoms with Gasteiger partial charge in [-0.25, -0.2) is 14.5 Å². The topological polar surface area (TPSA) is 43.1 Å². The molecule has 0 aromatic carbocycles. The van der Waals surface area contributed by atoms with Crippen LogP contribution in [0.4, 0.5) is 0 Å². The van der Waals surface area contributed by atoms with Crippen molar-refractivity contribution in [1.82, 2.24) is 19.6 Å². The first kappa shape index (κ1) is 6.60. The molecule has 0 saturated heterocycles. The Bertz CT molecular complexity index is 369. The molecule has 0 aliphatic carbocycles. The predicted molar refractivity (Wildman–Crippen MR) is 42.6 cm³/mol. The maximum Gasteiger partial charge on any atom is 0.207 e. The van der Waals surface area contributed by atoms with Gasteiger partial charge >= 0.3 is 0 Å². The van der Waals surface area contributed by atoms with Crippen molar-refractivity contribution in [2.24, 2.45) is 0 Å². The lowest BCUT2D eigenvalue weighted by Crippen LogP contribution is -1.94. The Hall–Kier alpha value is -1.10. The lowest BCUT2D eigenvalue weighted by Gasteiger charge is -1.93. The molecule has 2 aromatic heterocycles. The molecule has 0 aliphatic heterocycles. The first-order chi connectivity index (χ1) is 5.40. The Morgan fingerprint density at radius 1 is 1.45 bits per heavy atom. The molecular formula is C6H6N4S.